The van der Waals surface area contributed by atoms with E-state index in [1.807, 2.05) is 18.2 Å². The Morgan fingerprint density at radius 1 is 1.16 bits per heavy atom. The van der Waals surface area contributed by atoms with E-state index in [1.54, 1.807) is 13.8 Å². The first-order valence-corrected chi connectivity index (χ1v) is 9.00. The Balaban J connectivity index is 1.88. The summed E-state index contributed by atoms with van der Waals surface area (Å²) in [6.07, 6.45) is 3.17. The lowest BCUT2D eigenvalue weighted by atomic mass is 9.66. The van der Waals surface area contributed by atoms with E-state index in [2.05, 4.69) is 16.3 Å². The van der Waals surface area contributed by atoms with Gasteiger partial charge in [-0.05, 0) is 51.2 Å². The van der Waals surface area contributed by atoms with Gasteiger partial charge in [0.25, 0.3) is 0 Å². The summed E-state index contributed by atoms with van der Waals surface area (Å²) in [6, 6.07) is 6.90. The van der Waals surface area contributed by atoms with E-state index in [1.165, 1.54) is 4.90 Å². The van der Waals surface area contributed by atoms with Crippen LogP contribution in [0.25, 0.3) is 0 Å². The van der Waals surface area contributed by atoms with E-state index < -0.39 is 17.4 Å². The molecule has 1 aromatic carbocycles. The molecular formula is C19H23N3O3. The third-order valence-corrected chi connectivity index (χ3v) is 5.80. The smallest absolute Gasteiger partial charge is 0.331 e. The van der Waals surface area contributed by atoms with Gasteiger partial charge >= 0.3 is 6.03 Å². The van der Waals surface area contributed by atoms with Crippen molar-refractivity contribution in [2.45, 2.75) is 51.6 Å². The topological polar surface area (TPSA) is 69.7 Å². The van der Waals surface area contributed by atoms with Crippen molar-refractivity contribution in [2.75, 3.05) is 11.4 Å². The molecule has 3 aliphatic rings. The molecular weight excluding hydrogens is 318 g/mol. The molecule has 6 heteroatoms. The van der Waals surface area contributed by atoms with Crippen LogP contribution in [0.3, 0.4) is 0 Å². The van der Waals surface area contributed by atoms with E-state index in [-0.39, 0.29) is 18.0 Å². The number of carbonyl (C=O) groups is 3. The van der Waals surface area contributed by atoms with Crippen molar-refractivity contribution >= 4 is 23.5 Å². The third-order valence-electron chi connectivity index (χ3n) is 5.80. The summed E-state index contributed by atoms with van der Waals surface area (Å²) >= 11 is 0. The number of carbonyl (C=O) groups excluding carboxylic acids is 3. The third kappa shape index (κ3) is 2.12. The molecule has 2 saturated heterocycles. The Hall–Kier alpha value is -2.37. The highest BCUT2D eigenvalue weighted by molar-refractivity contribution is 6.20. The molecule has 3 aliphatic heterocycles. The van der Waals surface area contributed by atoms with Gasteiger partial charge in [-0.15, -0.1) is 0 Å². The van der Waals surface area contributed by atoms with Crippen molar-refractivity contribution < 1.29 is 14.4 Å². The van der Waals surface area contributed by atoms with Crippen LogP contribution in [0.4, 0.5) is 10.5 Å². The number of hydrogen-bond donors (Lipinski definition) is 1. The van der Waals surface area contributed by atoms with Gasteiger partial charge in [-0.3, -0.25) is 19.8 Å². The highest BCUT2D eigenvalue weighted by Crippen LogP contribution is 2.47. The number of fused-ring (bicyclic) bond motifs is 4. The number of imide groups is 2. The molecule has 6 nitrogen and oxygen atoms in total. The molecule has 3 heterocycles. The zero-order chi connectivity index (χ0) is 17.8. The maximum atomic E-state index is 13.4. The molecule has 2 unspecified atom stereocenters. The first-order valence-electron chi connectivity index (χ1n) is 9.00. The fourth-order valence-electron chi connectivity index (χ4n) is 4.68. The average molecular weight is 341 g/mol. The normalized spacial score (nSPS) is 28.9. The summed E-state index contributed by atoms with van der Waals surface area (Å²) in [5, 5.41) is 2.47. The number of benzene rings is 1. The monoisotopic (exact) mass is 341 g/mol. The maximum absolute atomic E-state index is 13.4. The Morgan fingerprint density at radius 2 is 1.92 bits per heavy atom. The van der Waals surface area contributed by atoms with E-state index in [0.29, 0.717) is 6.42 Å². The predicted molar refractivity (Wildman–Crippen MR) is 93.1 cm³/mol. The van der Waals surface area contributed by atoms with E-state index in [0.717, 1.165) is 37.1 Å². The van der Waals surface area contributed by atoms with Gasteiger partial charge in [0.1, 0.15) is 0 Å². The molecule has 132 valence electrons. The van der Waals surface area contributed by atoms with Gasteiger partial charge in [-0.2, -0.15) is 0 Å². The lowest BCUT2D eigenvalue weighted by Gasteiger charge is -2.54. The summed E-state index contributed by atoms with van der Waals surface area (Å²) in [6.45, 7) is 4.44. The largest absolute Gasteiger partial charge is 0.367 e. The molecule has 0 bridgehead atoms. The average Bonchev–Trinajstić information content (AvgIpc) is 2.59. The number of para-hydroxylation sites is 1. The Morgan fingerprint density at radius 3 is 2.68 bits per heavy atom. The van der Waals surface area contributed by atoms with Crippen LogP contribution in [0, 0.1) is 5.41 Å². The SMILES string of the molecule is CC(C)N1C(=O)NC(=O)C2(Cc3ccccc3N3CCCCC32)C1=O. The van der Waals surface area contributed by atoms with Crippen molar-refractivity contribution in [1.29, 1.82) is 0 Å². The second-order valence-corrected chi connectivity index (χ2v) is 7.51. The van der Waals surface area contributed by atoms with Crippen LogP contribution < -0.4 is 10.2 Å². The molecule has 0 saturated carbocycles. The van der Waals surface area contributed by atoms with Crippen molar-refractivity contribution in [3.63, 3.8) is 0 Å². The fourth-order valence-corrected chi connectivity index (χ4v) is 4.68. The van der Waals surface area contributed by atoms with Crippen molar-refractivity contribution in [3.05, 3.63) is 29.8 Å². The number of anilines is 1. The van der Waals surface area contributed by atoms with Crippen LogP contribution in [0.15, 0.2) is 24.3 Å². The van der Waals surface area contributed by atoms with Crippen LogP contribution in [0.2, 0.25) is 0 Å². The van der Waals surface area contributed by atoms with Crippen molar-refractivity contribution in [3.8, 4) is 0 Å². The maximum Gasteiger partial charge on any atom is 0.331 e. The molecule has 0 aromatic heterocycles. The van der Waals surface area contributed by atoms with E-state index in [4.69, 9.17) is 0 Å². The summed E-state index contributed by atoms with van der Waals surface area (Å²) in [7, 11) is 0. The molecule has 1 aromatic rings. The highest BCUT2D eigenvalue weighted by atomic mass is 16.2. The zero-order valence-electron chi connectivity index (χ0n) is 14.6. The highest BCUT2D eigenvalue weighted by Gasteiger charge is 2.62. The second kappa shape index (κ2) is 5.58. The van der Waals surface area contributed by atoms with Crippen LogP contribution in [-0.4, -0.2) is 41.4 Å². The lowest BCUT2D eigenvalue weighted by Crippen LogP contribution is -2.73. The van der Waals surface area contributed by atoms with Crippen LogP contribution in [0.1, 0.15) is 38.7 Å². The molecule has 1 N–H and O–H groups in total. The van der Waals surface area contributed by atoms with Gasteiger partial charge < -0.3 is 4.90 Å². The second-order valence-electron chi connectivity index (χ2n) is 7.51. The van der Waals surface area contributed by atoms with Crippen LogP contribution in [0.5, 0.6) is 0 Å². The van der Waals surface area contributed by atoms with Crippen molar-refractivity contribution in [2.24, 2.45) is 5.41 Å². The van der Waals surface area contributed by atoms with Crippen LogP contribution >= 0.6 is 0 Å². The van der Waals surface area contributed by atoms with Gasteiger partial charge in [0.15, 0.2) is 5.41 Å². The fraction of sp³-hybridized carbons (Fsp3) is 0.526. The summed E-state index contributed by atoms with van der Waals surface area (Å²) in [4.78, 5) is 42.2. The Labute approximate surface area is 147 Å². The minimum absolute atomic E-state index is 0.196. The standard InChI is InChI=1S/C19H23N3O3/c1-12(2)22-17(24)19(16(23)20-18(22)25)11-13-7-3-4-8-14(13)21-10-6-5-9-15(19)21/h3-4,7-8,12,15H,5-6,9-11H2,1-2H3,(H,20,23,25). The lowest BCUT2D eigenvalue weighted by molar-refractivity contribution is -0.155. The predicted octanol–water partition coefficient (Wildman–Crippen LogP) is 2.07. The minimum atomic E-state index is -1.22. The number of barbiturate groups is 1. The van der Waals surface area contributed by atoms with Crippen LogP contribution in [-0.2, 0) is 16.0 Å². The van der Waals surface area contributed by atoms with Crippen molar-refractivity contribution in [1.82, 2.24) is 10.2 Å². The molecule has 4 amide bonds. The molecule has 2 fully saturated rings. The van der Waals surface area contributed by atoms with Gasteiger partial charge in [-0.25, -0.2) is 4.79 Å². The number of rotatable bonds is 1. The number of piperidine rings is 1. The molecule has 0 aliphatic carbocycles. The minimum Gasteiger partial charge on any atom is -0.367 e. The number of urea groups is 1. The number of nitrogens with one attached hydrogen (secondary N) is 1. The Kier molecular flexibility index (Phi) is 3.60. The molecule has 0 radical (unpaired) electrons. The molecule has 4 rings (SSSR count). The van der Waals surface area contributed by atoms with Gasteiger partial charge in [0.05, 0.1) is 6.04 Å². The zero-order valence-corrected chi connectivity index (χ0v) is 14.6. The molecule has 25 heavy (non-hydrogen) atoms. The van der Waals surface area contributed by atoms with Gasteiger partial charge in [0.2, 0.25) is 11.8 Å². The quantitative estimate of drug-likeness (QED) is 0.794. The summed E-state index contributed by atoms with van der Waals surface area (Å²) < 4.78 is 0. The first kappa shape index (κ1) is 16.1. The van der Waals surface area contributed by atoms with Gasteiger partial charge in [-0.1, -0.05) is 18.2 Å². The summed E-state index contributed by atoms with van der Waals surface area (Å²) in [5.41, 5.74) is 0.904. The van der Waals surface area contributed by atoms with E-state index in [9.17, 15) is 14.4 Å². The number of hydrogen-bond acceptors (Lipinski definition) is 4. The molecule has 1 spiro atoms. The van der Waals surface area contributed by atoms with E-state index >= 15 is 0 Å². The summed E-state index contributed by atoms with van der Waals surface area (Å²) in [5.74, 6) is -0.784. The first-order chi connectivity index (χ1) is 12.0. The molecule has 2 atom stereocenters. The van der Waals surface area contributed by atoms with Gasteiger partial charge in [0, 0.05) is 18.3 Å². The Bertz CT molecular complexity index is 760. The number of amides is 4. The number of nitrogens with zero attached hydrogens (tertiary/aromatic N) is 2.